The summed E-state index contributed by atoms with van der Waals surface area (Å²) in [7, 11) is 0. The maximum absolute atomic E-state index is 12.9. The Labute approximate surface area is 173 Å². The molecule has 2 saturated heterocycles. The lowest BCUT2D eigenvalue weighted by Gasteiger charge is -2.36. The monoisotopic (exact) mass is 403 g/mol. The van der Waals surface area contributed by atoms with Crippen LogP contribution >= 0.6 is 0 Å². The van der Waals surface area contributed by atoms with Crippen molar-refractivity contribution in [2.24, 2.45) is 0 Å². The number of carbonyl (C=O) groups excluding carboxylic acids is 2. The molecule has 0 aliphatic carbocycles. The standard InChI is InChI=1S/C22H33N3O4/c1-3-28-17-10-11-20(29-4-2)18(15-17)23-21(26)16-25-14-6-5-9-19(25)22(27)24-12-7-8-13-24/h10-11,15,19H,3-9,12-14,16H2,1-2H3,(H,23,26). The Morgan fingerprint density at radius 3 is 2.48 bits per heavy atom. The second-order valence-corrected chi connectivity index (χ2v) is 7.59. The number of nitrogens with one attached hydrogen (secondary N) is 1. The second kappa shape index (κ2) is 10.5. The van der Waals surface area contributed by atoms with E-state index >= 15 is 0 Å². The minimum atomic E-state index is -0.186. The summed E-state index contributed by atoms with van der Waals surface area (Å²) in [6, 6.07) is 5.24. The van der Waals surface area contributed by atoms with E-state index in [0.717, 1.165) is 51.7 Å². The molecule has 7 heteroatoms. The topological polar surface area (TPSA) is 71.1 Å². The van der Waals surface area contributed by atoms with Crippen LogP contribution in [0.2, 0.25) is 0 Å². The fraction of sp³-hybridized carbons (Fsp3) is 0.636. The first-order valence-corrected chi connectivity index (χ1v) is 10.8. The van der Waals surface area contributed by atoms with Crippen molar-refractivity contribution in [3.63, 3.8) is 0 Å². The van der Waals surface area contributed by atoms with E-state index in [0.29, 0.717) is 30.4 Å². The number of hydrogen-bond acceptors (Lipinski definition) is 5. The highest BCUT2D eigenvalue weighted by atomic mass is 16.5. The first kappa shape index (κ1) is 21.4. The van der Waals surface area contributed by atoms with Gasteiger partial charge in [0, 0.05) is 19.2 Å². The van der Waals surface area contributed by atoms with Gasteiger partial charge in [-0.05, 0) is 58.2 Å². The van der Waals surface area contributed by atoms with Crippen molar-refractivity contribution >= 4 is 17.5 Å². The Morgan fingerprint density at radius 1 is 1.03 bits per heavy atom. The highest BCUT2D eigenvalue weighted by molar-refractivity contribution is 5.94. The fourth-order valence-corrected chi connectivity index (χ4v) is 4.13. The molecule has 0 radical (unpaired) electrons. The highest BCUT2D eigenvalue weighted by Gasteiger charge is 2.33. The van der Waals surface area contributed by atoms with Crippen LogP contribution in [0.15, 0.2) is 18.2 Å². The van der Waals surface area contributed by atoms with Gasteiger partial charge >= 0.3 is 0 Å². The third-order valence-corrected chi connectivity index (χ3v) is 5.50. The molecule has 0 spiro atoms. The van der Waals surface area contributed by atoms with Crippen LogP contribution in [0.1, 0.15) is 46.0 Å². The molecule has 2 heterocycles. The van der Waals surface area contributed by atoms with E-state index in [-0.39, 0.29) is 24.4 Å². The lowest BCUT2D eigenvalue weighted by atomic mass is 10.0. The van der Waals surface area contributed by atoms with Gasteiger partial charge in [0.2, 0.25) is 11.8 Å². The number of rotatable bonds is 8. The van der Waals surface area contributed by atoms with Gasteiger partial charge in [-0.15, -0.1) is 0 Å². The van der Waals surface area contributed by atoms with Gasteiger partial charge in [0.05, 0.1) is 31.5 Å². The summed E-state index contributed by atoms with van der Waals surface area (Å²) < 4.78 is 11.2. The molecular formula is C22H33N3O4. The molecule has 2 aliphatic rings. The number of amides is 2. The molecule has 0 bridgehead atoms. The largest absolute Gasteiger partial charge is 0.494 e. The van der Waals surface area contributed by atoms with E-state index in [1.807, 2.05) is 35.8 Å². The third kappa shape index (κ3) is 5.63. The number of ether oxygens (including phenoxy) is 2. The van der Waals surface area contributed by atoms with Gasteiger partial charge in [-0.1, -0.05) is 6.42 Å². The molecule has 1 unspecified atom stereocenters. The van der Waals surface area contributed by atoms with Gasteiger partial charge in [0.1, 0.15) is 11.5 Å². The number of carbonyl (C=O) groups is 2. The Balaban J connectivity index is 1.66. The molecule has 1 atom stereocenters. The molecule has 1 aromatic rings. The molecule has 160 valence electrons. The van der Waals surface area contributed by atoms with E-state index in [1.54, 1.807) is 6.07 Å². The Kier molecular flexibility index (Phi) is 7.75. The number of anilines is 1. The summed E-state index contributed by atoms with van der Waals surface area (Å²) in [6.07, 6.45) is 5.03. The Hall–Kier alpha value is -2.28. The van der Waals surface area contributed by atoms with Gasteiger partial charge in [0.15, 0.2) is 0 Å². The van der Waals surface area contributed by atoms with Crippen LogP contribution in [-0.4, -0.2) is 67.0 Å². The van der Waals surface area contributed by atoms with Crippen LogP contribution in [0.5, 0.6) is 11.5 Å². The molecule has 2 aliphatic heterocycles. The predicted octanol–water partition coefficient (Wildman–Crippen LogP) is 2.90. The van der Waals surface area contributed by atoms with Gasteiger partial charge in [-0.3, -0.25) is 14.5 Å². The van der Waals surface area contributed by atoms with E-state index in [9.17, 15) is 9.59 Å². The summed E-state index contributed by atoms with van der Waals surface area (Å²) in [5.41, 5.74) is 0.599. The van der Waals surface area contributed by atoms with Crippen molar-refractivity contribution in [1.82, 2.24) is 9.80 Å². The Bertz CT molecular complexity index is 703. The smallest absolute Gasteiger partial charge is 0.239 e. The van der Waals surface area contributed by atoms with Crippen LogP contribution in [0.4, 0.5) is 5.69 Å². The number of likely N-dealkylation sites (tertiary alicyclic amines) is 2. The SMILES string of the molecule is CCOc1ccc(OCC)c(NC(=O)CN2CCCCC2C(=O)N2CCCC2)c1. The van der Waals surface area contributed by atoms with E-state index in [1.165, 1.54) is 0 Å². The van der Waals surface area contributed by atoms with E-state index in [2.05, 4.69) is 5.32 Å². The molecule has 0 aromatic heterocycles. The average Bonchev–Trinajstić information content (AvgIpc) is 3.25. The number of nitrogens with zero attached hydrogens (tertiary/aromatic N) is 2. The first-order chi connectivity index (χ1) is 14.1. The quantitative estimate of drug-likeness (QED) is 0.723. The molecule has 2 amide bonds. The number of benzene rings is 1. The molecule has 1 N–H and O–H groups in total. The van der Waals surface area contributed by atoms with E-state index < -0.39 is 0 Å². The zero-order valence-corrected chi connectivity index (χ0v) is 17.6. The number of piperidine rings is 1. The second-order valence-electron chi connectivity index (χ2n) is 7.59. The maximum Gasteiger partial charge on any atom is 0.239 e. The molecule has 1 aromatic carbocycles. The zero-order chi connectivity index (χ0) is 20.6. The predicted molar refractivity (Wildman–Crippen MR) is 112 cm³/mol. The normalized spacial score (nSPS) is 19.8. The molecule has 3 rings (SSSR count). The molecule has 29 heavy (non-hydrogen) atoms. The lowest BCUT2D eigenvalue weighted by Crippen LogP contribution is -2.52. The third-order valence-electron chi connectivity index (χ3n) is 5.50. The average molecular weight is 404 g/mol. The van der Waals surface area contributed by atoms with Crippen molar-refractivity contribution in [2.75, 3.05) is 44.7 Å². The van der Waals surface area contributed by atoms with Crippen LogP contribution in [0.25, 0.3) is 0 Å². The zero-order valence-electron chi connectivity index (χ0n) is 17.6. The highest BCUT2D eigenvalue weighted by Crippen LogP contribution is 2.30. The van der Waals surface area contributed by atoms with Gasteiger partial charge in [0.25, 0.3) is 0 Å². The molecular weight excluding hydrogens is 370 g/mol. The Morgan fingerprint density at radius 2 is 1.76 bits per heavy atom. The molecule has 7 nitrogen and oxygen atoms in total. The summed E-state index contributed by atoms with van der Waals surface area (Å²) >= 11 is 0. The van der Waals surface area contributed by atoms with Gasteiger partial charge < -0.3 is 19.7 Å². The van der Waals surface area contributed by atoms with Crippen LogP contribution < -0.4 is 14.8 Å². The fourth-order valence-electron chi connectivity index (χ4n) is 4.13. The summed E-state index contributed by atoms with van der Waals surface area (Å²) in [5, 5.41) is 2.96. The molecule has 2 fully saturated rings. The van der Waals surface area contributed by atoms with Gasteiger partial charge in [-0.2, -0.15) is 0 Å². The van der Waals surface area contributed by atoms with E-state index in [4.69, 9.17) is 9.47 Å². The first-order valence-electron chi connectivity index (χ1n) is 10.8. The van der Waals surface area contributed by atoms with Crippen molar-refractivity contribution in [3.8, 4) is 11.5 Å². The van der Waals surface area contributed by atoms with Crippen molar-refractivity contribution in [2.45, 2.75) is 52.0 Å². The minimum Gasteiger partial charge on any atom is -0.494 e. The summed E-state index contributed by atoms with van der Waals surface area (Å²) in [4.78, 5) is 29.7. The summed E-state index contributed by atoms with van der Waals surface area (Å²) in [5.74, 6) is 1.35. The van der Waals surface area contributed by atoms with Crippen LogP contribution in [0.3, 0.4) is 0 Å². The van der Waals surface area contributed by atoms with Crippen molar-refractivity contribution in [1.29, 1.82) is 0 Å². The summed E-state index contributed by atoms with van der Waals surface area (Å²) in [6.45, 7) is 7.55. The molecule has 0 saturated carbocycles. The van der Waals surface area contributed by atoms with Crippen molar-refractivity contribution in [3.05, 3.63) is 18.2 Å². The van der Waals surface area contributed by atoms with Crippen LogP contribution in [-0.2, 0) is 9.59 Å². The van der Waals surface area contributed by atoms with Gasteiger partial charge in [-0.25, -0.2) is 0 Å². The maximum atomic E-state index is 12.9. The minimum absolute atomic E-state index is 0.138. The lowest BCUT2D eigenvalue weighted by molar-refractivity contribution is -0.137. The van der Waals surface area contributed by atoms with Crippen LogP contribution in [0, 0.1) is 0 Å². The number of hydrogen-bond donors (Lipinski definition) is 1. The van der Waals surface area contributed by atoms with Crippen molar-refractivity contribution < 1.29 is 19.1 Å².